The van der Waals surface area contributed by atoms with E-state index in [9.17, 15) is 4.79 Å². The number of aryl methyl sites for hydroxylation is 1. The van der Waals surface area contributed by atoms with Gasteiger partial charge in [-0.2, -0.15) is 0 Å². The molecule has 1 amide bonds. The van der Waals surface area contributed by atoms with Gasteiger partial charge in [-0.15, -0.1) is 0 Å². The lowest BCUT2D eigenvalue weighted by Gasteiger charge is -2.05. The van der Waals surface area contributed by atoms with Crippen LogP contribution in [0, 0.1) is 6.92 Å². The van der Waals surface area contributed by atoms with Gasteiger partial charge in [0.1, 0.15) is 5.82 Å². The van der Waals surface area contributed by atoms with Crippen molar-refractivity contribution in [3.05, 3.63) is 18.2 Å². The van der Waals surface area contributed by atoms with Crippen LogP contribution in [0.15, 0.2) is 12.4 Å². The third-order valence-corrected chi connectivity index (χ3v) is 1.73. The Morgan fingerprint density at radius 1 is 1.77 bits per heavy atom. The van der Waals surface area contributed by atoms with Crippen LogP contribution < -0.4 is 5.32 Å². The standard InChI is InChI=1S/C8H13N3O2/c1-7-9-3-5-11(7)6-4-10-8(12)13-2/h3,5H,4,6H2,1-2H3,(H,10,12). The second-order valence-electron chi connectivity index (χ2n) is 2.59. The van der Waals surface area contributed by atoms with Gasteiger partial charge in [0.2, 0.25) is 0 Å². The number of hydrogen-bond donors (Lipinski definition) is 1. The van der Waals surface area contributed by atoms with Crippen LogP contribution in [-0.4, -0.2) is 29.3 Å². The lowest BCUT2D eigenvalue weighted by Crippen LogP contribution is -2.26. The topological polar surface area (TPSA) is 56.1 Å². The fraction of sp³-hybridized carbons (Fsp3) is 0.500. The molecule has 13 heavy (non-hydrogen) atoms. The number of aromatic nitrogens is 2. The first-order valence-electron chi connectivity index (χ1n) is 4.03. The van der Waals surface area contributed by atoms with Crippen molar-refractivity contribution in [1.29, 1.82) is 0 Å². The van der Waals surface area contributed by atoms with Crippen molar-refractivity contribution in [3.8, 4) is 0 Å². The molecular weight excluding hydrogens is 170 g/mol. The van der Waals surface area contributed by atoms with E-state index in [0.29, 0.717) is 13.1 Å². The van der Waals surface area contributed by atoms with Crippen molar-refractivity contribution in [3.63, 3.8) is 0 Å². The van der Waals surface area contributed by atoms with Gasteiger partial charge in [0.15, 0.2) is 0 Å². The highest BCUT2D eigenvalue weighted by molar-refractivity contribution is 5.66. The minimum Gasteiger partial charge on any atom is -0.453 e. The summed E-state index contributed by atoms with van der Waals surface area (Å²) in [4.78, 5) is 14.7. The normalized spacial score (nSPS) is 9.69. The molecule has 0 aromatic carbocycles. The van der Waals surface area contributed by atoms with E-state index in [1.54, 1.807) is 6.20 Å². The van der Waals surface area contributed by atoms with E-state index in [2.05, 4.69) is 15.0 Å². The van der Waals surface area contributed by atoms with Crippen LogP contribution in [0.5, 0.6) is 0 Å². The lowest BCUT2D eigenvalue weighted by atomic mass is 10.5. The molecule has 0 aliphatic carbocycles. The highest BCUT2D eigenvalue weighted by atomic mass is 16.5. The average Bonchev–Trinajstić information content (AvgIpc) is 2.52. The van der Waals surface area contributed by atoms with Gasteiger partial charge in [-0.1, -0.05) is 0 Å². The molecule has 0 spiro atoms. The average molecular weight is 183 g/mol. The fourth-order valence-corrected chi connectivity index (χ4v) is 0.991. The van der Waals surface area contributed by atoms with Gasteiger partial charge >= 0.3 is 6.09 Å². The summed E-state index contributed by atoms with van der Waals surface area (Å²) in [7, 11) is 1.35. The first-order chi connectivity index (χ1) is 6.24. The highest BCUT2D eigenvalue weighted by Crippen LogP contribution is 1.93. The zero-order valence-electron chi connectivity index (χ0n) is 7.78. The van der Waals surface area contributed by atoms with Crippen LogP contribution in [0.25, 0.3) is 0 Å². The molecule has 1 heterocycles. The first-order valence-corrected chi connectivity index (χ1v) is 4.03. The zero-order valence-corrected chi connectivity index (χ0v) is 7.78. The number of rotatable bonds is 3. The molecule has 0 fully saturated rings. The van der Waals surface area contributed by atoms with E-state index in [1.165, 1.54) is 7.11 Å². The predicted octanol–water partition coefficient (Wildman–Crippen LogP) is 0.548. The number of ether oxygens (including phenoxy) is 1. The largest absolute Gasteiger partial charge is 0.453 e. The van der Waals surface area contributed by atoms with Gasteiger partial charge < -0.3 is 14.6 Å². The van der Waals surface area contributed by atoms with Crippen LogP contribution >= 0.6 is 0 Å². The maximum Gasteiger partial charge on any atom is 0.406 e. The molecule has 0 aliphatic rings. The summed E-state index contributed by atoms with van der Waals surface area (Å²) in [6, 6.07) is 0. The predicted molar refractivity (Wildman–Crippen MR) is 47.4 cm³/mol. The molecule has 1 aromatic heterocycles. The molecule has 0 saturated carbocycles. The van der Waals surface area contributed by atoms with Gasteiger partial charge in [-0.3, -0.25) is 0 Å². The number of alkyl carbamates (subject to hydrolysis) is 1. The Labute approximate surface area is 76.7 Å². The molecule has 1 aromatic rings. The highest BCUT2D eigenvalue weighted by Gasteiger charge is 1.98. The lowest BCUT2D eigenvalue weighted by molar-refractivity contribution is 0.170. The Kier molecular flexibility index (Phi) is 3.31. The van der Waals surface area contributed by atoms with Crippen molar-refractivity contribution in [1.82, 2.24) is 14.9 Å². The number of nitrogens with zero attached hydrogens (tertiary/aromatic N) is 2. The van der Waals surface area contributed by atoms with Gasteiger partial charge in [-0.05, 0) is 6.92 Å². The van der Waals surface area contributed by atoms with Crippen LogP contribution in [0.4, 0.5) is 4.79 Å². The molecule has 0 saturated heterocycles. The quantitative estimate of drug-likeness (QED) is 0.744. The number of imidazole rings is 1. The van der Waals surface area contributed by atoms with Crippen LogP contribution in [0.2, 0.25) is 0 Å². The van der Waals surface area contributed by atoms with Crippen molar-refractivity contribution in [2.24, 2.45) is 0 Å². The molecule has 1 rings (SSSR count). The van der Waals surface area contributed by atoms with Crippen molar-refractivity contribution in [2.75, 3.05) is 13.7 Å². The molecule has 0 bridgehead atoms. The SMILES string of the molecule is COC(=O)NCCn1ccnc1C. The van der Waals surface area contributed by atoms with Crippen molar-refractivity contribution in [2.45, 2.75) is 13.5 Å². The number of carbonyl (C=O) groups excluding carboxylic acids is 1. The van der Waals surface area contributed by atoms with Gasteiger partial charge in [0.05, 0.1) is 7.11 Å². The summed E-state index contributed by atoms with van der Waals surface area (Å²) in [5, 5.41) is 2.59. The summed E-state index contributed by atoms with van der Waals surface area (Å²) >= 11 is 0. The Morgan fingerprint density at radius 2 is 2.54 bits per heavy atom. The maximum atomic E-state index is 10.7. The number of carbonyl (C=O) groups is 1. The minimum atomic E-state index is -0.405. The first kappa shape index (κ1) is 9.57. The number of amides is 1. The van der Waals surface area contributed by atoms with E-state index >= 15 is 0 Å². The number of hydrogen-bond acceptors (Lipinski definition) is 3. The van der Waals surface area contributed by atoms with E-state index in [1.807, 2.05) is 17.7 Å². The number of methoxy groups -OCH3 is 1. The zero-order chi connectivity index (χ0) is 9.68. The van der Waals surface area contributed by atoms with Crippen molar-refractivity contribution >= 4 is 6.09 Å². The third kappa shape index (κ3) is 2.77. The molecule has 5 nitrogen and oxygen atoms in total. The Hall–Kier alpha value is -1.52. The molecular formula is C8H13N3O2. The smallest absolute Gasteiger partial charge is 0.406 e. The molecule has 1 N–H and O–H groups in total. The fourth-order valence-electron chi connectivity index (χ4n) is 0.991. The van der Waals surface area contributed by atoms with Gasteiger partial charge in [0.25, 0.3) is 0 Å². The maximum absolute atomic E-state index is 10.7. The second kappa shape index (κ2) is 4.49. The Morgan fingerprint density at radius 3 is 3.08 bits per heavy atom. The van der Waals surface area contributed by atoms with E-state index in [0.717, 1.165) is 5.82 Å². The van der Waals surface area contributed by atoms with Crippen LogP contribution in [0.3, 0.4) is 0 Å². The third-order valence-electron chi connectivity index (χ3n) is 1.73. The van der Waals surface area contributed by atoms with Crippen molar-refractivity contribution < 1.29 is 9.53 Å². The van der Waals surface area contributed by atoms with Gasteiger partial charge in [0, 0.05) is 25.5 Å². The number of nitrogens with one attached hydrogen (secondary N) is 1. The molecule has 0 unspecified atom stereocenters. The summed E-state index contributed by atoms with van der Waals surface area (Å²) in [5.74, 6) is 0.937. The molecule has 5 heteroatoms. The molecule has 72 valence electrons. The van der Waals surface area contributed by atoms with Crippen LogP contribution in [-0.2, 0) is 11.3 Å². The summed E-state index contributed by atoms with van der Waals surface area (Å²) in [5.41, 5.74) is 0. The molecule has 0 radical (unpaired) electrons. The monoisotopic (exact) mass is 183 g/mol. The van der Waals surface area contributed by atoms with Crippen LogP contribution in [0.1, 0.15) is 5.82 Å². The Balaban J connectivity index is 2.28. The van der Waals surface area contributed by atoms with E-state index < -0.39 is 6.09 Å². The van der Waals surface area contributed by atoms with Gasteiger partial charge in [-0.25, -0.2) is 9.78 Å². The molecule has 0 aliphatic heterocycles. The Bertz CT molecular complexity index is 283. The van der Waals surface area contributed by atoms with E-state index in [4.69, 9.17) is 0 Å². The second-order valence-corrected chi connectivity index (χ2v) is 2.59. The van der Waals surface area contributed by atoms with E-state index in [-0.39, 0.29) is 0 Å². The molecule has 0 atom stereocenters. The summed E-state index contributed by atoms with van der Waals surface area (Å²) < 4.78 is 6.38. The summed E-state index contributed by atoms with van der Waals surface area (Å²) in [6.07, 6.45) is 3.19. The minimum absolute atomic E-state index is 0.405. The summed E-state index contributed by atoms with van der Waals surface area (Å²) in [6.45, 7) is 3.17.